The lowest BCUT2D eigenvalue weighted by Gasteiger charge is -2.23. The molecule has 2 amide bonds. The van der Waals surface area contributed by atoms with E-state index in [0.717, 1.165) is 38.0 Å². The first kappa shape index (κ1) is 18.1. The van der Waals surface area contributed by atoms with Crippen molar-refractivity contribution in [3.8, 4) is 5.75 Å². The number of carbonyl (C=O) groups excluding carboxylic acids is 1. The summed E-state index contributed by atoms with van der Waals surface area (Å²) in [6.45, 7) is 2.15. The average molecular weight is 374 g/mol. The van der Waals surface area contributed by atoms with Crippen molar-refractivity contribution in [3.05, 3.63) is 24.3 Å². The Morgan fingerprint density at radius 1 is 1.26 bits per heavy atom. The smallest absolute Gasteiger partial charge is 0.321 e. The fourth-order valence-electron chi connectivity index (χ4n) is 4.60. The Hall–Kier alpha value is -2.28. The molecule has 3 fully saturated rings. The fraction of sp³-hybridized carbons (Fsp3) is 0.600. The van der Waals surface area contributed by atoms with Gasteiger partial charge in [-0.1, -0.05) is 6.42 Å². The molecule has 3 atom stereocenters. The number of urea groups is 1. The number of ether oxygens (including phenoxy) is 2. The van der Waals surface area contributed by atoms with E-state index in [4.69, 9.17) is 9.47 Å². The maximum Gasteiger partial charge on any atom is 0.321 e. The van der Waals surface area contributed by atoms with E-state index in [1.165, 1.54) is 0 Å². The Kier molecular flexibility index (Phi) is 4.95. The van der Waals surface area contributed by atoms with Crippen LogP contribution in [-0.2, 0) is 9.53 Å². The SMILES string of the molecule is O=C(Nc1ccc(OCC2CCCO2)cc1)N1C[C@@H]2CCC[C@@]2(C(=O)O)C1. The molecule has 2 aliphatic heterocycles. The van der Waals surface area contributed by atoms with E-state index >= 15 is 0 Å². The van der Waals surface area contributed by atoms with Crippen molar-refractivity contribution in [2.45, 2.75) is 38.2 Å². The number of rotatable bonds is 5. The highest BCUT2D eigenvalue weighted by atomic mass is 16.5. The number of hydrogen-bond acceptors (Lipinski definition) is 4. The van der Waals surface area contributed by atoms with E-state index < -0.39 is 11.4 Å². The molecule has 1 aromatic carbocycles. The summed E-state index contributed by atoms with van der Waals surface area (Å²) in [6.07, 6.45) is 4.75. The number of nitrogens with one attached hydrogen (secondary N) is 1. The number of amides is 2. The van der Waals surface area contributed by atoms with Gasteiger partial charge in [0.1, 0.15) is 12.4 Å². The van der Waals surface area contributed by atoms with Crippen LogP contribution >= 0.6 is 0 Å². The molecule has 2 N–H and O–H groups in total. The minimum atomic E-state index is -0.770. The molecule has 0 radical (unpaired) electrons. The van der Waals surface area contributed by atoms with Crippen LogP contribution < -0.4 is 10.1 Å². The lowest BCUT2D eigenvalue weighted by Crippen LogP contribution is -2.38. The second-order valence-electron chi connectivity index (χ2n) is 7.83. The molecule has 4 rings (SSSR count). The molecule has 2 heterocycles. The average Bonchev–Trinajstić information content (AvgIpc) is 3.37. The zero-order valence-electron chi connectivity index (χ0n) is 15.4. The van der Waals surface area contributed by atoms with Crippen LogP contribution in [0, 0.1) is 11.3 Å². The molecule has 2 saturated heterocycles. The molecule has 0 aromatic heterocycles. The molecule has 146 valence electrons. The summed E-state index contributed by atoms with van der Waals surface area (Å²) in [6, 6.07) is 7.00. The van der Waals surface area contributed by atoms with Crippen molar-refractivity contribution in [1.29, 1.82) is 0 Å². The second-order valence-corrected chi connectivity index (χ2v) is 7.83. The Labute approximate surface area is 158 Å². The number of anilines is 1. The van der Waals surface area contributed by atoms with Crippen molar-refractivity contribution in [3.63, 3.8) is 0 Å². The fourth-order valence-corrected chi connectivity index (χ4v) is 4.60. The third-order valence-electron chi connectivity index (χ3n) is 6.15. The molecule has 1 aliphatic carbocycles. The van der Waals surface area contributed by atoms with Crippen LogP contribution in [-0.4, -0.2) is 54.4 Å². The molecule has 0 bridgehead atoms. The number of carbonyl (C=O) groups is 2. The van der Waals surface area contributed by atoms with Crippen LogP contribution in [0.3, 0.4) is 0 Å². The van der Waals surface area contributed by atoms with Crippen molar-refractivity contribution in [1.82, 2.24) is 4.90 Å². The van der Waals surface area contributed by atoms with E-state index in [2.05, 4.69) is 5.32 Å². The molecule has 7 nitrogen and oxygen atoms in total. The highest BCUT2D eigenvalue weighted by molar-refractivity contribution is 5.90. The summed E-state index contributed by atoms with van der Waals surface area (Å²) in [5.41, 5.74) is -0.0805. The topological polar surface area (TPSA) is 88.1 Å². The van der Waals surface area contributed by atoms with E-state index in [1.54, 1.807) is 17.0 Å². The predicted octanol–water partition coefficient (Wildman–Crippen LogP) is 2.96. The number of carboxylic acids is 1. The maximum absolute atomic E-state index is 12.6. The molecule has 27 heavy (non-hydrogen) atoms. The van der Waals surface area contributed by atoms with Crippen molar-refractivity contribution in [2.75, 3.05) is 31.6 Å². The molecule has 0 spiro atoms. The minimum absolute atomic E-state index is 0.0642. The number of likely N-dealkylation sites (tertiary alicyclic amines) is 1. The van der Waals surface area contributed by atoms with Crippen LogP contribution in [0.25, 0.3) is 0 Å². The third-order valence-corrected chi connectivity index (χ3v) is 6.15. The van der Waals surface area contributed by atoms with E-state index in [1.807, 2.05) is 12.1 Å². The van der Waals surface area contributed by atoms with Gasteiger partial charge in [-0.25, -0.2) is 4.79 Å². The van der Waals surface area contributed by atoms with Crippen molar-refractivity contribution < 1.29 is 24.2 Å². The molecule has 1 saturated carbocycles. The van der Waals surface area contributed by atoms with Gasteiger partial charge in [0.05, 0.1) is 11.5 Å². The van der Waals surface area contributed by atoms with E-state index in [9.17, 15) is 14.7 Å². The van der Waals surface area contributed by atoms with Crippen LogP contribution in [0.5, 0.6) is 5.75 Å². The second kappa shape index (κ2) is 7.38. The quantitative estimate of drug-likeness (QED) is 0.827. The Bertz CT molecular complexity index is 701. The first-order chi connectivity index (χ1) is 13.1. The Morgan fingerprint density at radius 3 is 2.74 bits per heavy atom. The highest BCUT2D eigenvalue weighted by Crippen LogP contribution is 2.48. The van der Waals surface area contributed by atoms with Crippen molar-refractivity contribution in [2.24, 2.45) is 11.3 Å². The molecular formula is C20H26N2O5. The largest absolute Gasteiger partial charge is 0.491 e. The van der Waals surface area contributed by atoms with Gasteiger partial charge in [-0.2, -0.15) is 0 Å². The third kappa shape index (κ3) is 3.60. The molecule has 1 unspecified atom stereocenters. The molecule has 7 heteroatoms. The zero-order valence-corrected chi connectivity index (χ0v) is 15.4. The molecule has 1 aromatic rings. The summed E-state index contributed by atoms with van der Waals surface area (Å²) >= 11 is 0. The number of aliphatic carboxylic acids is 1. The Balaban J connectivity index is 1.31. The summed E-state index contributed by atoms with van der Waals surface area (Å²) < 4.78 is 11.3. The lowest BCUT2D eigenvalue weighted by atomic mass is 9.81. The number of hydrogen-bond donors (Lipinski definition) is 2. The Morgan fingerprint density at radius 2 is 2.07 bits per heavy atom. The van der Waals surface area contributed by atoms with Gasteiger partial charge in [0.2, 0.25) is 0 Å². The van der Waals surface area contributed by atoms with Crippen LogP contribution in [0.2, 0.25) is 0 Å². The van der Waals surface area contributed by atoms with Gasteiger partial charge in [0.25, 0.3) is 0 Å². The van der Waals surface area contributed by atoms with Gasteiger partial charge in [-0.3, -0.25) is 4.79 Å². The van der Waals surface area contributed by atoms with Crippen LogP contribution in [0.1, 0.15) is 32.1 Å². The monoisotopic (exact) mass is 374 g/mol. The number of carboxylic acid groups (broad SMARTS) is 1. The maximum atomic E-state index is 12.6. The van der Waals surface area contributed by atoms with Crippen LogP contribution in [0.4, 0.5) is 10.5 Å². The van der Waals surface area contributed by atoms with Gasteiger partial charge in [0.15, 0.2) is 0 Å². The standard InChI is InChI=1S/C20H26N2O5/c23-18(24)20-9-1-3-14(20)11-22(13-20)19(25)21-15-5-7-16(8-6-15)27-12-17-4-2-10-26-17/h5-8,14,17H,1-4,9-13H2,(H,21,25)(H,23,24)/t14-,17?,20+/m0/s1. The predicted molar refractivity (Wildman–Crippen MR) is 98.9 cm³/mol. The van der Waals surface area contributed by atoms with Gasteiger partial charge in [-0.05, 0) is 55.9 Å². The van der Waals surface area contributed by atoms with Gasteiger partial charge >= 0.3 is 12.0 Å². The summed E-state index contributed by atoms with van der Waals surface area (Å²) in [5.74, 6) is 0.0337. The highest BCUT2D eigenvalue weighted by Gasteiger charge is 2.55. The van der Waals surface area contributed by atoms with Crippen LogP contribution in [0.15, 0.2) is 24.3 Å². The minimum Gasteiger partial charge on any atom is -0.491 e. The zero-order chi connectivity index (χ0) is 18.9. The van der Waals surface area contributed by atoms with E-state index in [-0.39, 0.29) is 18.1 Å². The first-order valence-corrected chi connectivity index (χ1v) is 9.71. The van der Waals surface area contributed by atoms with Gasteiger partial charge in [-0.15, -0.1) is 0 Å². The summed E-state index contributed by atoms with van der Waals surface area (Å²) in [7, 11) is 0. The van der Waals surface area contributed by atoms with E-state index in [0.29, 0.717) is 31.8 Å². The summed E-state index contributed by atoms with van der Waals surface area (Å²) in [4.78, 5) is 26.0. The lowest BCUT2D eigenvalue weighted by molar-refractivity contribution is -0.149. The first-order valence-electron chi connectivity index (χ1n) is 9.71. The normalized spacial score (nSPS) is 29.6. The summed E-state index contributed by atoms with van der Waals surface area (Å²) in [5, 5.41) is 12.5. The van der Waals surface area contributed by atoms with Gasteiger partial charge < -0.3 is 24.8 Å². The number of nitrogens with zero attached hydrogens (tertiary/aromatic N) is 1. The van der Waals surface area contributed by atoms with Crippen molar-refractivity contribution >= 4 is 17.7 Å². The number of fused-ring (bicyclic) bond motifs is 1. The molecular weight excluding hydrogens is 348 g/mol. The van der Waals surface area contributed by atoms with Gasteiger partial charge in [0, 0.05) is 25.4 Å². The number of benzene rings is 1. The molecule has 3 aliphatic rings.